The molecule has 2 aliphatic rings. The number of hydrogen-bond acceptors (Lipinski definition) is 2. The molecular formula is C10H18N2O. The second-order valence-corrected chi connectivity index (χ2v) is 4.18. The first-order valence-electron chi connectivity index (χ1n) is 5.37. The van der Waals surface area contributed by atoms with Gasteiger partial charge in [-0.1, -0.05) is 6.42 Å². The normalized spacial score (nSPS) is 29.4. The molecule has 1 aliphatic carbocycles. The minimum Gasteiger partial charge on any atom is -0.352 e. The van der Waals surface area contributed by atoms with E-state index in [4.69, 9.17) is 0 Å². The summed E-state index contributed by atoms with van der Waals surface area (Å²) < 4.78 is 0. The summed E-state index contributed by atoms with van der Waals surface area (Å²) in [5.74, 6) is 0.636. The maximum absolute atomic E-state index is 11.4. The maximum Gasteiger partial charge on any atom is 0.223 e. The van der Waals surface area contributed by atoms with E-state index in [1.807, 2.05) is 0 Å². The van der Waals surface area contributed by atoms with E-state index in [9.17, 15) is 4.79 Å². The monoisotopic (exact) mass is 182 g/mol. The average Bonchev–Trinajstić information content (AvgIpc) is 2.92. The number of hydrogen-bond donors (Lipinski definition) is 2. The van der Waals surface area contributed by atoms with E-state index in [-0.39, 0.29) is 5.91 Å². The zero-order valence-electron chi connectivity index (χ0n) is 8.01. The van der Waals surface area contributed by atoms with Crippen molar-refractivity contribution >= 4 is 5.91 Å². The summed E-state index contributed by atoms with van der Waals surface area (Å²) in [6, 6.07) is 0.385. The van der Waals surface area contributed by atoms with Gasteiger partial charge in [0.05, 0.1) is 0 Å². The van der Waals surface area contributed by atoms with Crippen LogP contribution in [0.1, 0.15) is 32.1 Å². The van der Waals surface area contributed by atoms with Crippen LogP contribution in [-0.4, -0.2) is 25.0 Å². The lowest BCUT2D eigenvalue weighted by atomic mass is 10.1. The fourth-order valence-electron chi connectivity index (χ4n) is 1.81. The molecule has 13 heavy (non-hydrogen) atoms. The molecule has 2 N–H and O–H groups in total. The Morgan fingerprint density at radius 3 is 2.85 bits per heavy atom. The average molecular weight is 182 g/mol. The molecule has 74 valence electrons. The summed E-state index contributed by atoms with van der Waals surface area (Å²) >= 11 is 0. The molecule has 1 amide bonds. The van der Waals surface area contributed by atoms with Crippen molar-refractivity contribution in [2.45, 2.75) is 38.1 Å². The highest BCUT2D eigenvalue weighted by molar-refractivity contribution is 5.81. The van der Waals surface area contributed by atoms with Gasteiger partial charge < -0.3 is 10.6 Å². The molecule has 3 heteroatoms. The fourth-order valence-corrected chi connectivity index (χ4v) is 1.81. The zero-order chi connectivity index (χ0) is 9.10. The summed E-state index contributed by atoms with van der Waals surface area (Å²) in [5.41, 5.74) is 0. The van der Waals surface area contributed by atoms with Crippen molar-refractivity contribution in [2.24, 2.45) is 5.92 Å². The van der Waals surface area contributed by atoms with Gasteiger partial charge in [-0.15, -0.1) is 0 Å². The van der Waals surface area contributed by atoms with E-state index in [2.05, 4.69) is 10.6 Å². The van der Waals surface area contributed by atoms with Crippen LogP contribution in [0.2, 0.25) is 0 Å². The summed E-state index contributed by atoms with van der Waals surface area (Å²) in [4.78, 5) is 11.4. The van der Waals surface area contributed by atoms with E-state index in [0.29, 0.717) is 12.0 Å². The molecule has 2 fully saturated rings. The van der Waals surface area contributed by atoms with Crippen LogP contribution in [0.3, 0.4) is 0 Å². The third kappa shape index (κ3) is 2.69. The summed E-state index contributed by atoms with van der Waals surface area (Å²) in [5, 5.41) is 6.47. The van der Waals surface area contributed by atoms with Gasteiger partial charge in [0.25, 0.3) is 0 Å². The van der Waals surface area contributed by atoms with Gasteiger partial charge in [0.15, 0.2) is 0 Å². The second kappa shape index (κ2) is 4.09. The van der Waals surface area contributed by atoms with Crippen LogP contribution < -0.4 is 10.6 Å². The number of rotatable bonds is 2. The maximum atomic E-state index is 11.4. The molecule has 1 saturated heterocycles. The van der Waals surface area contributed by atoms with Crippen LogP contribution in [0.5, 0.6) is 0 Å². The first-order chi connectivity index (χ1) is 6.36. The largest absolute Gasteiger partial charge is 0.352 e. The minimum atomic E-state index is 0.286. The van der Waals surface area contributed by atoms with Crippen LogP contribution in [0.4, 0.5) is 0 Å². The predicted octanol–water partition coefficient (Wildman–Crippen LogP) is 0.655. The molecule has 1 atom stereocenters. The highest BCUT2D eigenvalue weighted by Crippen LogP contribution is 2.29. The van der Waals surface area contributed by atoms with Gasteiger partial charge in [-0.3, -0.25) is 4.79 Å². The molecular weight excluding hydrogens is 164 g/mol. The molecule has 0 radical (unpaired) electrons. The first-order valence-corrected chi connectivity index (χ1v) is 5.37. The van der Waals surface area contributed by atoms with Gasteiger partial charge in [0, 0.05) is 18.5 Å². The highest BCUT2D eigenvalue weighted by Gasteiger charge is 2.30. The Balaban J connectivity index is 1.74. The van der Waals surface area contributed by atoms with Crippen LogP contribution in [0.25, 0.3) is 0 Å². The minimum absolute atomic E-state index is 0.286. The molecule has 1 aliphatic heterocycles. The van der Waals surface area contributed by atoms with Gasteiger partial charge in [-0.25, -0.2) is 0 Å². The Labute approximate surface area is 79.3 Å². The van der Waals surface area contributed by atoms with Crippen LogP contribution in [-0.2, 0) is 4.79 Å². The number of carbonyl (C=O) groups excluding carboxylic acids is 1. The van der Waals surface area contributed by atoms with Crippen molar-refractivity contribution in [2.75, 3.05) is 13.1 Å². The van der Waals surface area contributed by atoms with Crippen molar-refractivity contribution < 1.29 is 4.79 Å². The third-order valence-electron chi connectivity index (χ3n) is 2.84. The van der Waals surface area contributed by atoms with Crippen LogP contribution in [0, 0.1) is 5.92 Å². The lowest BCUT2D eigenvalue weighted by Gasteiger charge is -2.15. The summed E-state index contributed by atoms with van der Waals surface area (Å²) in [6.07, 6.45) is 5.84. The van der Waals surface area contributed by atoms with Gasteiger partial charge in [-0.2, -0.15) is 0 Å². The standard InChI is InChI=1S/C10H18N2O/c13-10(8-4-5-8)12-9-3-1-2-6-11-7-9/h8-9,11H,1-7H2,(H,12,13). The molecule has 0 aromatic rings. The van der Waals surface area contributed by atoms with E-state index in [0.717, 1.165) is 32.4 Å². The Hall–Kier alpha value is -0.570. The fraction of sp³-hybridized carbons (Fsp3) is 0.900. The topological polar surface area (TPSA) is 41.1 Å². The lowest BCUT2D eigenvalue weighted by molar-refractivity contribution is -0.123. The predicted molar refractivity (Wildman–Crippen MR) is 51.4 cm³/mol. The Morgan fingerprint density at radius 2 is 2.08 bits per heavy atom. The second-order valence-electron chi connectivity index (χ2n) is 4.18. The van der Waals surface area contributed by atoms with Crippen molar-refractivity contribution in [1.82, 2.24) is 10.6 Å². The SMILES string of the molecule is O=C(NC1CCCCNC1)C1CC1. The van der Waals surface area contributed by atoms with Gasteiger partial charge >= 0.3 is 0 Å². The number of amides is 1. The Kier molecular flexibility index (Phi) is 2.83. The highest BCUT2D eigenvalue weighted by atomic mass is 16.2. The van der Waals surface area contributed by atoms with Crippen molar-refractivity contribution in [1.29, 1.82) is 0 Å². The molecule has 1 saturated carbocycles. The molecule has 2 rings (SSSR count). The molecule has 0 bridgehead atoms. The molecule has 1 unspecified atom stereocenters. The zero-order valence-corrected chi connectivity index (χ0v) is 8.01. The van der Waals surface area contributed by atoms with Crippen molar-refractivity contribution in [3.8, 4) is 0 Å². The first kappa shape index (κ1) is 9.00. The molecule has 0 spiro atoms. The van der Waals surface area contributed by atoms with E-state index in [1.54, 1.807) is 0 Å². The summed E-state index contributed by atoms with van der Waals surface area (Å²) in [7, 11) is 0. The third-order valence-corrected chi connectivity index (χ3v) is 2.84. The Bertz CT molecular complexity index is 181. The van der Waals surface area contributed by atoms with Gasteiger partial charge in [0.2, 0.25) is 5.91 Å². The van der Waals surface area contributed by atoms with Gasteiger partial charge in [-0.05, 0) is 32.2 Å². The van der Waals surface area contributed by atoms with Crippen molar-refractivity contribution in [3.63, 3.8) is 0 Å². The quantitative estimate of drug-likeness (QED) is 0.658. The van der Waals surface area contributed by atoms with E-state index >= 15 is 0 Å². The lowest BCUT2D eigenvalue weighted by Crippen LogP contribution is -2.41. The van der Waals surface area contributed by atoms with E-state index in [1.165, 1.54) is 12.8 Å². The van der Waals surface area contributed by atoms with E-state index < -0.39 is 0 Å². The molecule has 1 heterocycles. The number of nitrogens with one attached hydrogen (secondary N) is 2. The van der Waals surface area contributed by atoms with Crippen molar-refractivity contribution in [3.05, 3.63) is 0 Å². The molecule has 0 aromatic heterocycles. The number of carbonyl (C=O) groups is 1. The summed E-state index contributed by atoms with van der Waals surface area (Å²) in [6.45, 7) is 2.06. The Morgan fingerprint density at radius 1 is 1.23 bits per heavy atom. The smallest absolute Gasteiger partial charge is 0.223 e. The van der Waals surface area contributed by atoms with Gasteiger partial charge in [0.1, 0.15) is 0 Å². The van der Waals surface area contributed by atoms with Crippen LogP contribution in [0.15, 0.2) is 0 Å². The molecule has 0 aromatic carbocycles. The van der Waals surface area contributed by atoms with Crippen LogP contribution >= 0.6 is 0 Å². The molecule has 3 nitrogen and oxygen atoms in total.